The van der Waals surface area contributed by atoms with Crippen LogP contribution in [-0.4, -0.2) is 38.8 Å². The van der Waals surface area contributed by atoms with E-state index in [0.717, 1.165) is 24.3 Å². The molecule has 6 heteroatoms. The molecule has 0 fully saturated rings. The summed E-state index contributed by atoms with van der Waals surface area (Å²) in [4.78, 5) is 13.3. The summed E-state index contributed by atoms with van der Waals surface area (Å²) < 4.78 is 1.74. The van der Waals surface area contributed by atoms with E-state index in [1.807, 2.05) is 12.1 Å². The van der Waals surface area contributed by atoms with E-state index >= 15 is 0 Å². The Morgan fingerprint density at radius 2 is 2.30 bits per heavy atom. The van der Waals surface area contributed by atoms with Gasteiger partial charge in [-0.05, 0) is 30.2 Å². The van der Waals surface area contributed by atoms with E-state index < -0.39 is 11.9 Å². The molecule has 0 aliphatic carbocycles. The molecule has 3 rings (SSSR count). The molecule has 120 valence electrons. The van der Waals surface area contributed by atoms with E-state index in [4.69, 9.17) is 16.7 Å². The highest BCUT2D eigenvalue weighted by molar-refractivity contribution is 6.30. The van der Waals surface area contributed by atoms with Gasteiger partial charge >= 0.3 is 5.97 Å². The van der Waals surface area contributed by atoms with Crippen LogP contribution in [0.4, 0.5) is 0 Å². The Kier molecular flexibility index (Phi) is 4.50. The molecule has 1 aromatic heterocycles. The minimum atomic E-state index is -0.770. The number of benzene rings is 1. The lowest BCUT2D eigenvalue weighted by Gasteiger charge is -2.27. The Morgan fingerprint density at radius 3 is 2.96 bits per heavy atom. The number of nitrogens with zero attached hydrogens (tertiary/aromatic N) is 3. The number of hydrogen-bond acceptors (Lipinski definition) is 3. The van der Waals surface area contributed by atoms with Crippen molar-refractivity contribution in [1.29, 1.82) is 0 Å². The highest BCUT2D eigenvalue weighted by atomic mass is 35.5. The topological polar surface area (TPSA) is 58.4 Å². The van der Waals surface area contributed by atoms with Crippen molar-refractivity contribution >= 4 is 17.6 Å². The summed E-state index contributed by atoms with van der Waals surface area (Å²) in [5.74, 6) is -1.19. The van der Waals surface area contributed by atoms with Crippen LogP contribution in [0.2, 0.25) is 5.02 Å². The predicted octanol–water partition coefficient (Wildman–Crippen LogP) is 2.91. The third-order valence-electron chi connectivity index (χ3n) is 4.04. The van der Waals surface area contributed by atoms with Crippen LogP contribution in [0.15, 0.2) is 42.7 Å². The van der Waals surface area contributed by atoms with Crippen LogP contribution in [-0.2, 0) is 11.3 Å². The highest BCUT2D eigenvalue weighted by Crippen LogP contribution is 2.19. The highest BCUT2D eigenvalue weighted by Gasteiger charge is 2.21. The summed E-state index contributed by atoms with van der Waals surface area (Å²) in [5.41, 5.74) is 3.29. The van der Waals surface area contributed by atoms with E-state index in [1.165, 1.54) is 5.56 Å². The fourth-order valence-electron chi connectivity index (χ4n) is 2.76. The number of carbonyl (C=O) groups is 1. The van der Waals surface area contributed by atoms with Gasteiger partial charge in [0.25, 0.3) is 0 Å². The van der Waals surface area contributed by atoms with Gasteiger partial charge in [-0.15, -0.1) is 0 Å². The average molecular weight is 332 g/mol. The van der Waals surface area contributed by atoms with Gasteiger partial charge in [0.2, 0.25) is 0 Å². The maximum atomic E-state index is 11.1. The van der Waals surface area contributed by atoms with E-state index in [-0.39, 0.29) is 0 Å². The second kappa shape index (κ2) is 6.56. The zero-order valence-electron chi connectivity index (χ0n) is 12.8. The zero-order chi connectivity index (χ0) is 16.4. The summed E-state index contributed by atoms with van der Waals surface area (Å²) >= 11 is 5.90. The van der Waals surface area contributed by atoms with E-state index in [9.17, 15) is 4.79 Å². The number of halogens is 1. The van der Waals surface area contributed by atoms with Crippen LogP contribution in [0.25, 0.3) is 5.69 Å². The van der Waals surface area contributed by atoms with Crippen LogP contribution >= 0.6 is 11.6 Å². The molecular weight excluding hydrogens is 314 g/mol. The lowest BCUT2D eigenvalue weighted by Crippen LogP contribution is -2.35. The lowest BCUT2D eigenvalue weighted by molar-refractivity contribution is -0.140. The fourth-order valence-corrected chi connectivity index (χ4v) is 2.90. The number of aliphatic carboxylic acids is 1. The van der Waals surface area contributed by atoms with Gasteiger partial charge in [-0.25, -0.2) is 4.68 Å². The van der Waals surface area contributed by atoms with E-state index in [1.54, 1.807) is 23.2 Å². The third-order valence-corrected chi connectivity index (χ3v) is 4.24. The normalized spacial score (nSPS) is 18.3. The van der Waals surface area contributed by atoms with Crippen LogP contribution in [0.5, 0.6) is 0 Å². The molecule has 5 nitrogen and oxygen atoms in total. The van der Waals surface area contributed by atoms with Crippen molar-refractivity contribution in [1.82, 2.24) is 14.7 Å². The smallest absolute Gasteiger partial charge is 0.311 e. The molecule has 1 N–H and O–H groups in total. The quantitative estimate of drug-likeness (QED) is 0.875. The minimum Gasteiger partial charge on any atom is -0.481 e. The number of carboxylic acids is 1. The molecule has 0 radical (unpaired) electrons. The van der Waals surface area contributed by atoms with Gasteiger partial charge in [0, 0.05) is 25.8 Å². The van der Waals surface area contributed by atoms with E-state index in [2.05, 4.69) is 29.1 Å². The van der Waals surface area contributed by atoms with Crippen LogP contribution in [0, 0.1) is 12.8 Å². The molecule has 1 aliphatic rings. The first-order valence-corrected chi connectivity index (χ1v) is 7.82. The molecule has 0 spiro atoms. The molecule has 1 aliphatic heterocycles. The summed E-state index contributed by atoms with van der Waals surface area (Å²) in [5, 5.41) is 13.9. The van der Waals surface area contributed by atoms with Gasteiger partial charge in [-0.2, -0.15) is 5.10 Å². The minimum absolute atomic E-state index is 0.422. The largest absolute Gasteiger partial charge is 0.481 e. The van der Waals surface area contributed by atoms with Gasteiger partial charge in [0.15, 0.2) is 0 Å². The van der Waals surface area contributed by atoms with Crippen molar-refractivity contribution in [3.8, 4) is 5.69 Å². The standard InChI is InChI=1S/C17H18ClN3O2/c1-12-7-16(21-11-15(18)8-19-21)5-4-13(12)9-20-6-2-3-14(10-20)17(22)23/h2-5,7-8,11,14H,6,9-10H2,1H3,(H,22,23). The van der Waals surface area contributed by atoms with Crippen molar-refractivity contribution in [2.45, 2.75) is 13.5 Å². The van der Waals surface area contributed by atoms with Crippen LogP contribution < -0.4 is 0 Å². The Bertz CT molecular complexity index is 754. The first-order chi connectivity index (χ1) is 11.0. The van der Waals surface area contributed by atoms with Crippen molar-refractivity contribution < 1.29 is 9.90 Å². The number of aromatic nitrogens is 2. The van der Waals surface area contributed by atoms with Gasteiger partial charge in [-0.3, -0.25) is 9.69 Å². The Balaban J connectivity index is 1.74. The van der Waals surface area contributed by atoms with Gasteiger partial charge in [0.1, 0.15) is 0 Å². The maximum absolute atomic E-state index is 11.1. The SMILES string of the molecule is Cc1cc(-n2cc(Cl)cn2)ccc1CN1CC=CC(C(=O)O)C1. The van der Waals surface area contributed by atoms with Gasteiger partial charge in [0.05, 0.1) is 22.8 Å². The summed E-state index contributed by atoms with van der Waals surface area (Å²) in [6, 6.07) is 6.13. The van der Waals surface area contributed by atoms with Crippen LogP contribution in [0.3, 0.4) is 0 Å². The number of aryl methyl sites for hydroxylation is 1. The summed E-state index contributed by atoms with van der Waals surface area (Å²) in [7, 11) is 0. The monoisotopic (exact) mass is 331 g/mol. The van der Waals surface area contributed by atoms with Crippen molar-refractivity contribution in [2.24, 2.45) is 5.92 Å². The van der Waals surface area contributed by atoms with Gasteiger partial charge < -0.3 is 5.11 Å². The second-order valence-electron chi connectivity index (χ2n) is 5.78. The number of hydrogen-bond donors (Lipinski definition) is 1. The Morgan fingerprint density at radius 1 is 1.48 bits per heavy atom. The van der Waals surface area contributed by atoms with E-state index in [0.29, 0.717) is 11.6 Å². The second-order valence-corrected chi connectivity index (χ2v) is 6.22. The third kappa shape index (κ3) is 3.63. The fraction of sp³-hybridized carbons (Fsp3) is 0.294. The van der Waals surface area contributed by atoms with Crippen LogP contribution in [0.1, 0.15) is 11.1 Å². The first-order valence-electron chi connectivity index (χ1n) is 7.45. The zero-order valence-corrected chi connectivity index (χ0v) is 13.6. The Labute approximate surface area is 139 Å². The molecular formula is C17H18ClN3O2. The maximum Gasteiger partial charge on any atom is 0.311 e. The predicted molar refractivity (Wildman–Crippen MR) is 88.9 cm³/mol. The molecule has 1 atom stereocenters. The molecule has 23 heavy (non-hydrogen) atoms. The summed E-state index contributed by atoms with van der Waals surface area (Å²) in [6.45, 7) is 4.11. The summed E-state index contributed by atoms with van der Waals surface area (Å²) in [6.07, 6.45) is 7.08. The number of carboxylic acid groups (broad SMARTS) is 1. The van der Waals surface area contributed by atoms with Crippen molar-refractivity contribution in [2.75, 3.05) is 13.1 Å². The molecule has 0 bridgehead atoms. The van der Waals surface area contributed by atoms with Crippen molar-refractivity contribution in [3.05, 3.63) is 58.9 Å². The first kappa shape index (κ1) is 15.8. The van der Waals surface area contributed by atoms with Crippen molar-refractivity contribution in [3.63, 3.8) is 0 Å². The molecule has 1 aromatic carbocycles. The van der Waals surface area contributed by atoms with Gasteiger partial charge in [-0.1, -0.05) is 29.8 Å². The molecule has 0 saturated heterocycles. The Hall–Kier alpha value is -2.11. The molecule has 2 heterocycles. The molecule has 0 amide bonds. The molecule has 0 saturated carbocycles. The molecule has 1 unspecified atom stereocenters. The number of rotatable bonds is 4. The lowest BCUT2D eigenvalue weighted by atomic mass is 10.0. The average Bonchev–Trinajstić information content (AvgIpc) is 2.96. The molecule has 2 aromatic rings.